The molecular weight excluding hydrogens is 467 g/mol. The van der Waals surface area contributed by atoms with Crippen LogP contribution < -0.4 is 10.1 Å². The molecule has 0 aliphatic carbocycles. The van der Waals surface area contributed by atoms with E-state index in [2.05, 4.69) is 20.4 Å². The van der Waals surface area contributed by atoms with Crippen molar-refractivity contribution in [3.05, 3.63) is 60.4 Å². The Bertz CT molecular complexity index is 1410. The zero-order chi connectivity index (χ0) is 25.2. The molecule has 0 spiro atoms. The summed E-state index contributed by atoms with van der Waals surface area (Å²) in [5, 5.41) is 7.16. The summed E-state index contributed by atoms with van der Waals surface area (Å²) in [6.07, 6.45) is 8.50. The summed E-state index contributed by atoms with van der Waals surface area (Å²) in [4.78, 5) is 34.4. The number of piperidine rings is 1. The molecule has 3 aromatic heterocycles. The van der Waals surface area contributed by atoms with Crippen LogP contribution in [0.2, 0.25) is 0 Å². The average molecular weight is 493 g/mol. The SMILES string of the molecule is CN(C)CCOc1cnc(Cn2cc(-c3ccc4c(C5CCC(=O)NC5=O)coc4c3F)cn2)nc1. The van der Waals surface area contributed by atoms with Crippen LogP contribution >= 0.6 is 0 Å². The van der Waals surface area contributed by atoms with Crippen molar-refractivity contribution in [2.45, 2.75) is 25.3 Å². The highest BCUT2D eigenvalue weighted by Crippen LogP contribution is 2.36. The van der Waals surface area contributed by atoms with Crippen molar-refractivity contribution in [1.29, 1.82) is 0 Å². The normalized spacial score (nSPS) is 16.1. The van der Waals surface area contributed by atoms with Crippen LogP contribution in [0.1, 0.15) is 30.1 Å². The van der Waals surface area contributed by atoms with Gasteiger partial charge in [-0.25, -0.2) is 14.4 Å². The van der Waals surface area contributed by atoms with E-state index in [1.54, 1.807) is 41.6 Å². The lowest BCUT2D eigenvalue weighted by molar-refractivity contribution is -0.134. The number of halogens is 1. The highest BCUT2D eigenvalue weighted by Gasteiger charge is 2.31. The molecule has 1 saturated heterocycles. The number of amides is 2. The number of ether oxygens (including phenoxy) is 1. The smallest absolute Gasteiger partial charge is 0.234 e. The predicted molar refractivity (Wildman–Crippen MR) is 128 cm³/mol. The lowest BCUT2D eigenvalue weighted by Gasteiger charge is -2.19. The molecule has 2 amide bonds. The quantitative estimate of drug-likeness (QED) is 0.374. The van der Waals surface area contributed by atoms with E-state index in [1.807, 2.05) is 19.0 Å². The molecule has 0 radical (unpaired) electrons. The van der Waals surface area contributed by atoms with Gasteiger partial charge in [0, 0.05) is 41.2 Å². The van der Waals surface area contributed by atoms with Gasteiger partial charge in [0.15, 0.2) is 17.1 Å². The molecule has 36 heavy (non-hydrogen) atoms. The molecule has 1 aromatic carbocycles. The summed E-state index contributed by atoms with van der Waals surface area (Å²) in [7, 11) is 3.94. The second-order valence-electron chi connectivity index (χ2n) is 8.91. The first-order valence-corrected chi connectivity index (χ1v) is 11.5. The highest BCUT2D eigenvalue weighted by atomic mass is 19.1. The Kier molecular flexibility index (Phi) is 6.47. The number of furan rings is 1. The maximum absolute atomic E-state index is 15.4. The number of fused-ring (bicyclic) bond motifs is 1. The first kappa shape index (κ1) is 23.6. The largest absolute Gasteiger partial charge is 0.489 e. The summed E-state index contributed by atoms with van der Waals surface area (Å²) in [6.45, 7) is 1.64. The van der Waals surface area contributed by atoms with E-state index in [-0.39, 0.29) is 17.9 Å². The second-order valence-corrected chi connectivity index (χ2v) is 8.91. The molecule has 0 saturated carbocycles. The van der Waals surface area contributed by atoms with E-state index >= 15 is 4.39 Å². The Morgan fingerprint density at radius 2 is 2.03 bits per heavy atom. The molecule has 1 fully saturated rings. The number of nitrogens with zero attached hydrogens (tertiary/aromatic N) is 5. The fourth-order valence-corrected chi connectivity index (χ4v) is 4.15. The van der Waals surface area contributed by atoms with Gasteiger partial charge in [-0.15, -0.1) is 0 Å². The topological polar surface area (TPSA) is 115 Å². The van der Waals surface area contributed by atoms with Gasteiger partial charge < -0.3 is 14.1 Å². The summed E-state index contributed by atoms with van der Waals surface area (Å²) >= 11 is 0. The number of nitrogens with one attached hydrogen (secondary N) is 1. The minimum Gasteiger partial charge on any atom is -0.489 e. The number of rotatable bonds is 8. The molecule has 1 atom stereocenters. The number of hydrogen-bond donors (Lipinski definition) is 1. The van der Waals surface area contributed by atoms with E-state index in [1.165, 1.54) is 6.26 Å². The monoisotopic (exact) mass is 492 g/mol. The van der Waals surface area contributed by atoms with Crippen LogP contribution in [-0.2, 0) is 16.1 Å². The average Bonchev–Trinajstić information content (AvgIpc) is 3.48. The number of carbonyl (C=O) groups excluding carboxylic acids is 2. The van der Waals surface area contributed by atoms with Crippen molar-refractivity contribution in [2.24, 2.45) is 0 Å². The van der Waals surface area contributed by atoms with Gasteiger partial charge in [0.25, 0.3) is 0 Å². The van der Waals surface area contributed by atoms with Crippen LogP contribution in [0.25, 0.3) is 22.1 Å². The van der Waals surface area contributed by atoms with Crippen LogP contribution in [0.4, 0.5) is 4.39 Å². The zero-order valence-corrected chi connectivity index (χ0v) is 19.9. The molecule has 1 N–H and O–H groups in total. The van der Waals surface area contributed by atoms with Gasteiger partial charge in [0.2, 0.25) is 11.8 Å². The Morgan fingerprint density at radius 1 is 1.22 bits per heavy atom. The van der Waals surface area contributed by atoms with Gasteiger partial charge in [-0.3, -0.25) is 19.6 Å². The molecule has 1 aliphatic rings. The number of hydrogen-bond acceptors (Lipinski definition) is 8. The molecule has 4 aromatic rings. The van der Waals surface area contributed by atoms with Crippen molar-refractivity contribution >= 4 is 22.8 Å². The zero-order valence-electron chi connectivity index (χ0n) is 19.9. The summed E-state index contributed by atoms with van der Waals surface area (Å²) in [5.74, 6) is -0.658. The van der Waals surface area contributed by atoms with Gasteiger partial charge in [0.05, 0.1) is 30.8 Å². The number of likely N-dealkylation sites (N-methyl/N-ethyl adjacent to an activating group) is 1. The highest BCUT2D eigenvalue weighted by molar-refractivity contribution is 6.03. The molecule has 0 bridgehead atoms. The van der Waals surface area contributed by atoms with Crippen LogP contribution in [0, 0.1) is 5.82 Å². The molecule has 1 aliphatic heterocycles. The molecule has 4 heterocycles. The van der Waals surface area contributed by atoms with Gasteiger partial charge in [0.1, 0.15) is 19.0 Å². The fourth-order valence-electron chi connectivity index (χ4n) is 4.15. The van der Waals surface area contributed by atoms with Gasteiger partial charge >= 0.3 is 0 Å². The van der Waals surface area contributed by atoms with Crippen molar-refractivity contribution in [3.63, 3.8) is 0 Å². The van der Waals surface area contributed by atoms with Gasteiger partial charge in [-0.1, -0.05) is 6.07 Å². The predicted octanol–water partition coefficient (Wildman–Crippen LogP) is 2.73. The number of carbonyl (C=O) groups is 2. The van der Waals surface area contributed by atoms with Crippen LogP contribution in [-0.4, -0.2) is 63.7 Å². The summed E-state index contributed by atoms with van der Waals surface area (Å²) in [6, 6.07) is 3.37. The first-order valence-electron chi connectivity index (χ1n) is 11.5. The fraction of sp³-hybridized carbons (Fsp3) is 0.320. The lowest BCUT2D eigenvalue weighted by Crippen LogP contribution is -2.39. The van der Waals surface area contributed by atoms with E-state index in [0.29, 0.717) is 53.2 Å². The minimum atomic E-state index is -0.554. The number of imide groups is 1. The van der Waals surface area contributed by atoms with Crippen molar-refractivity contribution in [3.8, 4) is 16.9 Å². The van der Waals surface area contributed by atoms with E-state index in [0.717, 1.165) is 6.54 Å². The number of benzene rings is 1. The van der Waals surface area contributed by atoms with Gasteiger partial charge in [-0.05, 0) is 26.6 Å². The Morgan fingerprint density at radius 3 is 2.78 bits per heavy atom. The number of aromatic nitrogens is 4. The first-order chi connectivity index (χ1) is 17.4. The maximum atomic E-state index is 15.4. The van der Waals surface area contributed by atoms with E-state index in [4.69, 9.17) is 9.15 Å². The maximum Gasteiger partial charge on any atom is 0.234 e. The Hall–Kier alpha value is -4.12. The Labute approximate surface area is 206 Å². The minimum absolute atomic E-state index is 0.0631. The van der Waals surface area contributed by atoms with E-state index < -0.39 is 17.6 Å². The van der Waals surface area contributed by atoms with Crippen LogP contribution in [0.3, 0.4) is 0 Å². The third kappa shape index (κ3) is 4.82. The standard InChI is InChI=1S/C25H25FN6O4/c1-31(2)7-8-35-16-10-27-21(28-11-16)13-32-12-15(9-29-32)17-3-4-18-20(14-36-24(18)23(17)26)19-5-6-22(33)30-25(19)34/h3-4,9-12,14,19H,5-8,13H2,1-2H3,(H,30,33,34). The van der Waals surface area contributed by atoms with Crippen molar-refractivity contribution in [1.82, 2.24) is 30.0 Å². The Balaban J connectivity index is 1.31. The van der Waals surface area contributed by atoms with Gasteiger partial charge in [-0.2, -0.15) is 5.10 Å². The van der Waals surface area contributed by atoms with Crippen molar-refractivity contribution < 1.29 is 23.1 Å². The molecule has 5 rings (SSSR count). The molecule has 10 nitrogen and oxygen atoms in total. The molecule has 1 unspecified atom stereocenters. The van der Waals surface area contributed by atoms with Crippen molar-refractivity contribution in [2.75, 3.05) is 27.2 Å². The summed E-state index contributed by atoms with van der Waals surface area (Å²) in [5.41, 5.74) is 1.52. The van der Waals surface area contributed by atoms with Crippen LogP contribution in [0.15, 0.2) is 47.6 Å². The van der Waals surface area contributed by atoms with Crippen LogP contribution in [0.5, 0.6) is 5.75 Å². The molecular formula is C25H25FN6O4. The lowest BCUT2D eigenvalue weighted by atomic mass is 9.90. The second kappa shape index (κ2) is 9.86. The third-order valence-electron chi connectivity index (χ3n) is 6.06. The summed E-state index contributed by atoms with van der Waals surface area (Å²) < 4.78 is 28.2. The third-order valence-corrected chi connectivity index (χ3v) is 6.06. The molecule has 186 valence electrons. The molecule has 11 heteroatoms. The van der Waals surface area contributed by atoms with E-state index in [9.17, 15) is 9.59 Å².